The lowest BCUT2D eigenvalue weighted by atomic mass is 9.48. The van der Waals surface area contributed by atoms with Gasteiger partial charge in [-0.3, -0.25) is 4.79 Å². The number of aryl methyl sites for hydroxylation is 1. The number of fused-ring (bicyclic) bond motifs is 1. The van der Waals surface area contributed by atoms with Crippen molar-refractivity contribution in [3.8, 4) is 0 Å². The van der Waals surface area contributed by atoms with Gasteiger partial charge in [0.05, 0.1) is 12.5 Å². The maximum Gasteiger partial charge on any atom is 0.356 e. The number of primary amides is 1. The minimum atomic E-state index is -0.512. The standard InChI is InChI=1S/C16H22N4O3/c1-9-5-10(12(21)23-4)19-14(18-9)20-6-11-15(2,3)7-16(11,8-20)13(17)22/h5,11H,6-8H2,1-4H3,(H2,17,22)/t11-,16+/m1/s1. The highest BCUT2D eigenvalue weighted by Crippen LogP contribution is 2.62. The highest BCUT2D eigenvalue weighted by atomic mass is 16.5. The number of ether oxygens (including phenoxy) is 1. The lowest BCUT2D eigenvalue weighted by Crippen LogP contribution is -2.59. The molecule has 1 aliphatic heterocycles. The van der Waals surface area contributed by atoms with E-state index in [4.69, 9.17) is 10.5 Å². The number of amides is 1. The van der Waals surface area contributed by atoms with Crippen molar-refractivity contribution >= 4 is 17.8 Å². The molecule has 0 bridgehead atoms. The summed E-state index contributed by atoms with van der Waals surface area (Å²) in [5, 5.41) is 0. The van der Waals surface area contributed by atoms with Crippen molar-refractivity contribution in [2.45, 2.75) is 27.2 Å². The van der Waals surface area contributed by atoms with Gasteiger partial charge < -0.3 is 15.4 Å². The highest BCUT2D eigenvalue weighted by molar-refractivity contribution is 5.88. The van der Waals surface area contributed by atoms with Crippen LogP contribution in [0.3, 0.4) is 0 Å². The predicted molar refractivity (Wildman–Crippen MR) is 83.8 cm³/mol. The van der Waals surface area contributed by atoms with E-state index < -0.39 is 11.4 Å². The number of nitrogens with two attached hydrogens (primary N) is 1. The van der Waals surface area contributed by atoms with Gasteiger partial charge in [-0.05, 0) is 30.7 Å². The Morgan fingerprint density at radius 3 is 2.61 bits per heavy atom. The molecule has 0 radical (unpaired) electrons. The number of rotatable bonds is 3. The Bertz CT molecular complexity index is 688. The molecule has 124 valence electrons. The second-order valence-corrected chi connectivity index (χ2v) is 7.31. The summed E-state index contributed by atoms with van der Waals surface area (Å²) in [4.78, 5) is 34.5. The van der Waals surface area contributed by atoms with E-state index in [0.29, 0.717) is 24.7 Å². The van der Waals surface area contributed by atoms with Crippen LogP contribution in [0.5, 0.6) is 0 Å². The SMILES string of the molecule is COC(=O)c1cc(C)nc(N2C[C@@H]3C(C)(C)C[C@]3(C(N)=O)C2)n1. The maximum atomic E-state index is 12.0. The topological polar surface area (TPSA) is 98.4 Å². The van der Waals surface area contributed by atoms with Crippen molar-refractivity contribution in [2.24, 2.45) is 22.5 Å². The minimum Gasteiger partial charge on any atom is -0.464 e. The molecule has 1 saturated carbocycles. The van der Waals surface area contributed by atoms with Crippen molar-refractivity contribution in [3.05, 3.63) is 17.5 Å². The molecule has 7 nitrogen and oxygen atoms in total. The van der Waals surface area contributed by atoms with E-state index in [1.165, 1.54) is 7.11 Å². The highest BCUT2D eigenvalue weighted by Gasteiger charge is 2.66. The van der Waals surface area contributed by atoms with Crippen LogP contribution in [0.2, 0.25) is 0 Å². The first kappa shape index (κ1) is 15.7. The number of methoxy groups -OCH3 is 1. The van der Waals surface area contributed by atoms with E-state index in [-0.39, 0.29) is 22.9 Å². The largest absolute Gasteiger partial charge is 0.464 e. The summed E-state index contributed by atoms with van der Waals surface area (Å²) in [5.41, 5.74) is 6.15. The Balaban J connectivity index is 1.94. The zero-order valence-electron chi connectivity index (χ0n) is 13.9. The van der Waals surface area contributed by atoms with Gasteiger partial charge in [0.25, 0.3) is 0 Å². The van der Waals surface area contributed by atoms with E-state index in [9.17, 15) is 9.59 Å². The normalized spacial score (nSPS) is 28.0. The van der Waals surface area contributed by atoms with Gasteiger partial charge in [-0.15, -0.1) is 0 Å². The molecule has 1 saturated heterocycles. The zero-order chi connectivity index (χ0) is 17.0. The Hall–Kier alpha value is -2.18. The average Bonchev–Trinajstić information content (AvgIpc) is 2.82. The fourth-order valence-corrected chi connectivity index (χ4v) is 4.28. The maximum absolute atomic E-state index is 12.0. The first-order valence-electron chi connectivity index (χ1n) is 7.68. The Morgan fingerprint density at radius 1 is 1.39 bits per heavy atom. The molecule has 2 atom stereocenters. The van der Waals surface area contributed by atoms with E-state index >= 15 is 0 Å². The fourth-order valence-electron chi connectivity index (χ4n) is 4.28. The first-order valence-corrected chi connectivity index (χ1v) is 7.68. The first-order chi connectivity index (χ1) is 10.7. The van der Waals surface area contributed by atoms with Crippen molar-refractivity contribution in [1.29, 1.82) is 0 Å². The molecule has 7 heteroatoms. The van der Waals surface area contributed by atoms with Crippen molar-refractivity contribution in [3.63, 3.8) is 0 Å². The van der Waals surface area contributed by atoms with E-state index in [0.717, 1.165) is 6.42 Å². The molecule has 1 aromatic heterocycles. The molecule has 1 amide bonds. The molecule has 2 N–H and O–H groups in total. The minimum absolute atomic E-state index is 0.0682. The van der Waals surface area contributed by atoms with Gasteiger partial charge >= 0.3 is 5.97 Å². The molecule has 1 aromatic rings. The molecule has 3 rings (SSSR count). The van der Waals surface area contributed by atoms with Crippen molar-refractivity contribution < 1.29 is 14.3 Å². The van der Waals surface area contributed by atoms with Crippen LogP contribution in [0, 0.1) is 23.7 Å². The third kappa shape index (κ3) is 2.26. The molecular weight excluding hydrogens is 296 g/mol. The van der Waals surface area contributed by atoms with E-state index in [2.05, 4.69) is 23.8 Å². The summed E-state index contributed by atoms with van der Waals surface area (Å²) in [7, 11) is 1.32. The summed E-state index contributed by atoms with van der Waals surface area (Å²) < 4.78 is 4.73. The third-order valence-corrected chi connectivity index (χ3v) is 5.27. The van der Waals surface area contributed by atoms with Crippen molar-refractivity contribution in [1.82, 2.24) is 9.97 Å². The van der Waals surface area contributed by atoms with Gasteiger partial charge in [-0.25, -0.2) is 14.8 Å². The number of aromatic nitrogens is 2. The lowest BCUT2D eigenvalue weighted by molar-refractivity contribution is -0.148. The van der Waals surface area contributed by atoms with Crippen LogP contribution in [-0.4, -0.2) is 42.0 Å². The molecule has 2 aliphatic rings. The number of anilines is 1. The number of esters is 1. The van der Waals surface area contributed by atoms with Gasteiger partial charge in [0.2, 0.25) is 11.9 Å². The van der Waals surface area contributed by atoms with Crippen LogP contribution < -0.4 is 10.6 Å². The second-order valence-electron chi connectivity index (χ2n) is 7.31. The molecule has 2 fully saturated rings. The summed E-state index contributed by atoms with van der Waals surface area (Å²) >= 11 is 0. The number of hydrogen-bond acceptors (Lipinski definition) is 6. The molecule has 0 unspecified atom stereocenters. The van der Waals surface area contributed by atoms with Gasteiger partial charge in [-0.1, -0.05) is 13.8 Å². The van der Waals surface area contributed by atoms with Gasteiger partial charge in [0, 0.05) is 18.8 Å². The van der Waals surface area contributed by atoms with E-state index in [1.54, 1.807) is 13.0 Å². The van der Waals surface area contributed by atoms with Gasteiger partial charge in [0.15, 0.2) is 5.69 Å². The van der Waals surface area contributed by atoms with Crippen LogP contribution in [0.4, 0.5) is 5.95 Å². The molecule has 0 spiro atoms. The van der Waals surface area contributed by atoms with Crippen LogP contribution in [0.25, 0.3) is 0 Å². The average molecular weight is 318 g/mol. The summed E-state index contributed by atoms with van der Waals surface area (Å²) in [6, 6.07) is 1.59. The second kappa shape index (κ2) is 4.91. The van der Waals surface area contributed by atoms with Gasteiger partial charge in [-0.2, -0.15) is 0 Å². The fraction of sp³-hybridized carbons (Fsp3) is 0.625. The summed E-state index contributed by atoms with van der Waals surface area (Å²) in [6.45, 7) is 7.27. The zero-order valence-corrected chi connectivity index (χ0v) is 13.9. The van der Waals surface area contributed by atoms with E-state index in [1.807, 2.05) is 4.90 Å². The molecule has 23 heavy (non-hydrogen) atoms. The monoisotopic (exact) mass is 318 g/mol. The quantitative estimate of drug-likeness (QED) is 0.832. The van der Waals surface area contributed by atoms with Gasteiger partial charge in [0.1, 0.15) is 0 Å². The number of carbonyl (C=O) groups excluding carboxylic acids is 2. The number of nitrogens with zero attached hydrogens (tertiary/aromatic N) is 3. The lowest BCUT2D eigenvalue weighted by Gasteiger charge is -2.54. The Labute approximate surface area is 135 Å². The molecule has 1 aliphatic carbocycles. The Kier molecular flexibility index (Phi) is 3.35. The van der Waals surface area contributed by atoms with Crippen LogP contribution in [-0.2, 0) is 9.53 Å². The van der Waals surface area contributed by atoms with Crippen molar-refractivity contribution in [2.75, 3.05) is 25.1 Å². The Morgan fingerprint density at radius 2 is 2.09 bits per heavy atom. The summed E-state index contributed by atoms with van der Waals surface area (Å²) in [5.74, 6) is -0.122. The summed E-state index contributed by atoms with van der Waals surface area (Å²) in [6.07, 6.45) is 0.770. The predicted octanol–water partition coefficient (Wildman–Crippen LogP) is 0.909. The smallest absolute Gasteiger partial charge is 0.356 e. The molecular formula is C16H22N4O3. The number of hydrogen-bond donors (Lipinski definition) is 1. The molecule has 0 aromatic carbocycles. The third-order valence-electron chi connectivity index (χ3n) is 5.27. The van der Waals surface area contributed by atoms with Crippen LogP contribution in [0.15, 0.2) is 6.07 Å². The van der Waals surface area contributed by atoms with Crippen LogP contribution >= 0.6 is 0 Å². The molecule has 2 heterocycles. The van der Waals surface area contributed by atoms with Crippen LogP contribution in [0.1, 0.15) is 36.5 Å². The number of carbonyl (C=O) groups is 2.